The van der Waals surface area contributed by atoms with E-state index in [0.717, 1.165) is 27.7 Å². The maximum atomic E-state index is 5.68. The molecule has 0 bridgehead atoms. The minimum atomic E-state index is 0.155. The predicted molar refractivity (Wildman–Crippen MR) is 101 cm³/mol. The van der Waals surface area contributed by atoms with Crippen LogP contribution < -0.4 is 10.2 Å². The van der Waals surface area contributed by atoms with Crippen molar-refractivity contribution in [1.82, 2.24) is 4.98 Å². The number of benzene rings is 2. The summed E-state index contributed by atoms with van der Waals surface area (Å²) < 4.78 is 5.68. The Kier molecular flexibility index (Phi) is 5.23. The maximum absolute atomic E-state index is 5.68. The number of rotatable bonds is 6. The van der Waals surface area contributed by atoms with Crippen molar-refractivity contribution in [1.29, 1.82) is 0 Å². The van der Waals surface area contributed by atoms with Crippen molar-refractivity contribution in [2.75, 3.05) is 5.43 Å². The Balaban J connectivity index is 1.64. The Bertz CT molecular complexity index is 812. The molecular formula is C19H19N3OS. The molecular weight excluding hydrogens is 318 g/mol. The first kappa shape index (κ1) is 16.2. The molecule has 0 radical (unpaired) electrons. The quantitative estimate of drug-likeness (QED) is 0.506. The maximum Gasteiger partial charge on any atom is 0.203 e. The molecule has 0 saturated heterocycles. The standard InChI is InChI=1S/C19H19N3OS/c1-14(2)23-17-10-6-7-15(11-17)12-20-22-19-21-18(13-24-19)16-8-4-3-5-9-16/h3-14H,1-2H3,(H,21,22)/b20-12-. The summed E-state index contributed by atoms with van der Waals surface area (Å²) in [7, 11) is 0. The van der Waals surface area contributed by atoms with Gasteiger partial charge in [-0.3, -0.25) is 5.43 Å². The number of thiazole rings is 1. The van der Waals surface area contributed by atoms with Gasteiger partial charge in [0.1, 0.15) is 5.75 Å². The van der Waals surface area contributed by atoms with E-state index in [4.69, 9.17) is 4.74 Å². The molecule has 0 saturated carbocycles. The minimum absolute atomic E-state index is 0.155. The second-order valence-electron chi connectivity index (χ2n) is 5.51. The molecule has 0 spiro atoms. The first-order valence-electron chi connectivity index (χ1n) is 7.77. The van der Waals surface area contributed by atoms with Crippen molar-refractivity contribution < 1.29 is 4.74 Å². The number of ether oxygens (including phenoxy) is 1. The van der Waals surface area contributed by atoms with Crippen LogP contribution >= 0.6 is 11.3 Å². The number of anilines is 1. The SMILES string of the molecule is CC(C)Oc1cccc(/C=N\Nc2nc(-c3ccccc3)cs2)c1. The lowest BCUT2D eigenvalue weighted by Crippen LogP contribution is -2.05. The Labute approximate surface area is 145 Å². The van der Waals surface area contributed by atoms with Crippen molar-refractivity contribution in [3.8, 4) is 17.0 Å². The van der Waals surface area contributed by atoms with E-state index >= 15 is 0 Å². The molecule has 0 atom stereocenters. The number of hydrazone groups is 1. The number of aromatic nitrogens is 1. The van der Waals surface area contributed by atoms with Crippen LogP contribution in [0.4, 0.5) is 5.13 Å². The van der Waals surface area contributed by atoms with Gasteiger partial charge in [-0.15, -0.1) is 11.3 Å². The van der Waals surface area contributed by atoms with Gasteiger partial charge in [-0.1, -0.05) is 42.5 Å². The summed E-state index contributed by atoms with van der Waals surface area (Å²) in [4.78, 5) is 4.54. The third-order valence-electron chi connectivity index (χ3n) is 3.18. The zero-order chi connectivity index (χ0) is 16.8. The van der Waals surface area contributed by atoms with E-state index in [2.05, 4.69) is 15.5 Å². The van der Waals surface area contributed by atoms with Gasteiger partial charge in [-0.25, -0.2) is 4.98 Å². The smallest absolute Gasteiger partial charge is 0.203 e. The average molecular weight is 337 g/mol. The van der Waals surface area contributed by atoms with Crippen molar-refractivity contribution in [3.05, 3.63) is 65.5 Å². The van der Waals surface area contributed by atoms with Gasteiger partial charge in [0, 0.05) is 10.9 Å². The second kappa shape index (κ2) is 7.75. The summed E-state index contributed by atoms with van der Waals surface area (Å²) in [6.45, 7) is 4.02. The predicted octanol–water partition coefficient (Wildman–Crippen LogP) is 5.04. The van der Waals surface area contributed by atoms with Crippen LogP contribution in [0, 0.1) is 0 Å². The van der Waals surface area contributed by atoms with Crippen LogP contribution in [0.5, 0.6) is 5.75 Å². The van der Waals surface area contributed by atoms with E-state index in [9.17, 15) is 0 Å². The summed E-state index contributed by atoms with van der Waals surface area (Å²) in [6, 6.07) is 17.9. The van der Waals surface area contributed by atoms with Crippen LogP contribution in [0.2, 0.25) is 0 Å². The van der Waals surface area contributed by atoms with Gasteiger partial charge >= 0.3 is 0 Å². The number of nitrogens with zero attached hydrogens (tertiary/aromatic N) is 2. The van der Waals surface area contributed by atoms with Gasteiger partial charge in [0.05, 0.1) is 18.0 Å². The summed E-state index contributed by atoms with van der Waals surface area (Å²) in [5.74, 6) is 0.842. The van der Waals surface area contributed by atoms with E-state index in [-0.39, 0.29) is 6.10 Å². The van der Waals surface area contributed by atoms with Gasteiger partial charge < -0.3 is 4.74 Å². The molecule has 1 aromatic heterocycles. The highest BCUT2D eigenvalue weighted by molar-refractivity contribution is 7.14. The fourth-order valence-electron chi connectivity index (χ4n) is 2.17. The third-order valence-corrected chi connectivity index (χ3v) is 3.92. The van der Waals surface area contributed by atoms with E-state index in [1.165, 1.54) is 11.3 Å². The van der Waals surface area contributed by atoms with Crippen molar-refractivity contribution in [2.45, 2.75) is 20.0 Å². The third kappa shape index (κ3) is 4.43. The Hall–Kier alpha value is -2.66. The van der Waals surface area contributed by atoms with Crippen molar-refractivity contribution in [3.63, 3.8) is 0 Å². The Morgan fingerprint density at radius 1 is 1.12 bits per heavy atom. The van der Waals surface area contributed by atoms with Crippen LogP contribution in [0.1, 0.15) is 19.4 Å². The van der Waals surface area contributed by atoms with Gasteiger partial charge in [-0.2, -0.15) is 5.10 Å². The van der Waals surface area contributed by atoms with Crippen LogP contribution in [-0.2, 0) is 0 Å². The largest absolute Gasteiger partial charge is 0.491 e. The minimum Gasteiger partial charge on any atom is -0.491 e. The molecule has 0 aliphatic carbocycles. The Morgan fingerprint density at radius 3 is 2.75 bits per heavy atom. The number of nitrogens with one attached hydrogen (secondary N) is 1. The molecule has 0 fully saturated rings. The number of hydrogen-bond donors (Lipinski definition) is 1. The summed E-state index contributed by atoms with van der Waals surface area (Å²) >= 11 is 1.53. The van der Waals surface area contributed by atoms with Crippen LogP contribution in [0.25, 0.3) is 11.3 Å². The van der Waals surface area contributed by atoms with Gasteiger partial charge in [-0.05, 0) is 31.5 Å². The molecule has 0 aliphatic rings. The van der Waals surface area contributed by atoms with Crippen LogP contribution in [0.3, 0.4) is 0 Å². The van der Waals surface area contributed by atoms with Gasteiger partial charge in [0.25, 0.3) is 0 Å². The molecule has 4 nitrogen and oxygen atoms in total. The van der Waals surface area contributed by atoms with Crippen LogP contribution in [0.15, 0.2) is 65.1 Å². The zero-order valence-corrected chi connectivity index (χ0v) is 14.5. The fourth-order valence-corrected chi connectivity index (χ4v) is 2.84. The highest BCUT2D eigenvalue weighted by atomic mass is 32.1. The first-order valence-corrected chi connectivity index (χ1v) is 8.65. The molecule has 3 aromatic rings. The molecule has 0 unspecified atom stereocenters. The van der Waals surface area contributed by atoms with Gasteiger partial charge in [0.15, 0.2) is 0 Å². The van der Waals surface area contributed by atoms with Crippen LogP contribution in [-0.4, -0.2) is 17.3 Å². The van der Waals surface area contributed by atoms with Gasteiger partial charge in [0.2, 0.25) is 5.13 Å². The molecule has 0 amide bonds. The normalized spacial score (nSPS) is 11.1. The molecule has 0 aliphatic heterocycles. The second-order valence-corrected chi connectivity index (χ2v) is 6.37. The lowest BCUT2D eigenvalue weighted by Gasteiger charge is -2.09. The summed E-state index contributed by atoms with van der Waals surface area (Å²) in [6.07, 6.45) is 1.92. The fraction of sp³-hybridized carbons (Fsp3) is 0.158. The highest BCUT2D eigenvalue weighted by Crippen LogP contribution is 2.24. The molecule has 5 heteroatoms. The molecule has 1 heterocycles. The average Bonchev–Trinajstić information content (AvgIpc) is 3.04. The molecule has 3 rings (SSSR count). The molecule has 122 valence electrons. The first-order chi connectivity index (χ1) is 11.7. The summed E-state index contributed by atoms with van der Waals surface area (Å²) in [5, 5.41) is 7.04. The lowest BCUT2D eigenvalue weighted by molar-refractivity contribution is 0.242. The topological polar surface area (TPSA) is 46.5 Å². The highest BCUT2D eigenvalue weighted by Gasteiger charge is 2.03. The monoisotopic (exact) mass is 337 g/mol. The molecule has 2 aromatic carbocycles. The van der Waals surface area contributed by atoms with E-state index in [1.807, 2.05) is 73.8 Å². The van der Waals surface area contributed by atoms with Crippen molar-refractivity contribution >= 4 is 22.7 Å². The van der Waals surface area contributed by atoms with Crippen molar-refractivity contribution in [2.24, 2.45) is 5.10 Å². The summed E-state index contributed by atoms with van der Waals surface area (Å²) in [5.41, 5.74) is 6.00. The zero-order valence-electron chi connectivity index (χ0n) is 13.6. The van der Waals surface area contributed by atoms with E-state index in [1.54, 1.807) is 6.21 Å². The lowest BCUT2D eigenvalue weighted by atomic mass is 10.2. The molecule has 24 heavy (non-hydrogen) atoms. The molecule has 1 N–H and O–H groups in total. The Morgan fingerprint density at radius 2 is 1.96 bits per heavy atom. The van der Waals surface area contributed by atoms with E-state index in [0.29, 0.717) is 0 Å². The number of hydrogen-bond acceptors (Lipinski definition) is 5. The van der Waals surface area contributed by atoms with E-state index < -0.39 is 0 Å².